The minimum absolute atomic E-state index is 0.493. The maximum absolute atomic E-state index is 12.0. The van der Waals surface area contributed by atoms with Gasteiger partial charge in [0.2, 0.25) is 11.4 Å². The molecule has 0 bridgehead atoms. The normalized spacial score (nSPS) is 20.9. The third-order valence-corrected chi connectivity index (χ3v) is 3.66. The van der Waals surface area contributed by atoms with Gasteiger partial charge in [0.1, 0.15) is 18.3 Å². The van der Waals surface area contributed by atoms with E-state index in [2.05, 4.69) is 10.1 Å². The molecule has 0 aliphatic carbocycles. The van der Waals surface area contributed by atoms with Crippen molar-refractivity contribution in [3.63, 3.8) is 0 Å². The van der Waals surface area contributed by atoms with Gasteiger partial charge in [-0.3, -0.25) is 0 Å². The van der Waals surface area contributed by atoms with Crippen LogP contribution in [0.4, 0.5) is 36.6 Å². The van der Waals surface area contributed by atoms with E-state index in [9.17, 15) is 30.4 Å². The first-order chi connectivity index (χ1) is 12.5. The van der Waals surface area contributed by atoms with E-state index in [1.54, 1.807) is 22.9 Å². The van der Waals surface area contributed by atoms with Gasteiger partial charge < -0.3 is 9.94 Å². The van der Waals surface area contributed by atoms with Crippen molar-refractivity contribution in [1.29, 1.82) is 0 Å². The minimum atomic E-state index is -10.7. The van der Waals surface area contributed by atoms with Gasteiger partial charge in [-0.05, 0) is 16.8 Å². The summed E-state index contributed by atoms with van der Waals surface area (Å²) < 4.78 is 66.2. The summed E-state index contributed by atoms with van der Waals surface area (Å²) in [7, 11) is -6.80. The van der Waals surface area contributed by atoms with Gasteiger partial charge >= 0.3 is 38.9 Å². The van der Waals surface area contributed by atoms with E-state index < -0.39 is 7.81 Å². The molecule has 0 N–H and O–H groups in total. The Morgan fingerprint density at radius 3 is 2.18 bits per heavy atom. The van der Waals surface area contributed by atoms with Crippen molar-refractivity contribution in [2.75, 3.05) is 40.4 Å². The van der Waals surface area contributed by atoms with Crippen LogP contribution >= 0.6 is 19.4 Å². The van der Waals surface area contributed by atoms with Gasteiger partial charge in [0.05, 0.1) is 27.3 Å². The number of benzene rings is 1. The Hall–Kier alpha value is -1.85. The fourth-order valence-corrected chi connectivity index (χ4v) is 2.69. The fourth-order valence-electron chi connectivity index (χ4n) is 2.52. The first-order valence-corrected chi connectivity index (χ1v) is 10.2. The summed E-state index contributed by atoms with van der Waals surface area (Å²) in [6.45, 7) is 2.84. The van der Waals surface area contributed by atoms with Gasteiger partial charge in [-0.2, -0.15) is 0 Å². The van der Waals surface area contributed by atoms with Gasteiger partial charge in [-0.25, -0.2) is 9.80 Å². The second-order valence-corrected chi connectivity index (χ2v) is 8.41. The fraction of sp³-hybridized carbons (Fsp3) is 0.462. The topological polar surface area (TPSA) is 57.1 Å². The first kappa shape index (κ1) is 22.4. The number of hydrogen-bond donors (Lipinski definition) is 0. The summed E-state index contributed by atoms with van der Waals surface area (Å²) >= 11 is 6.06. The van der Waals surface area contributed by atoms with Crippen LogP contribution in [0.15, 0.2) is 23.4 Å². The van der Waals surface area contributed by atoms with Crippen LogP contribution in [0.2, 0.25) is 5.02 Å². The average Bonchev–Trinajstić information content (AvgIpc) is 2.81. The second-order valence-electron chi connectivity index (χ2n) is 6.06. The SMILES string of the molecule is CN(C)C(N1CCOCC1)=[N+]1N=[N+]([O-])c2ccc(Cl)cc21.F[P-](F)(F)(F)(F)F. The molecule has 0 amide bonds. The molecule has 3 rings (SSSR count). The van der Waals surface area contributed by atoms with Crippen molar-refractivity contribution in [3.05, 3.63) is 28.4 Å². The predicted octanol–water partition coefficient (Wildman–Crippen LogP) is 5.14. The number of rotatable bonds is 0. The zero-order valence-corrected chi connectivity index (χ0v) is 16.4. The maximum atomic E-state index is 12.0. The van der Waals surface area contributed by atoms with Crippen LogP contribution < -0.4 is 0 Å². The summed E-state index contributed by atoms with van der Waals surface area (Å²) in [6, 6.07) is 5.12. The van der Waals surface area contributed by atoms with Crippen molar-refractivity contribution in [2.45, 2.75) is 0 Å². The molecule has 160 valence electrons. The first-order valence-electron chi connectivity index (χ1n) is 7.75. The number of morpholine rings is 1. The van der Waals surface area contributed by atoms with Crippen LogP contribution in [0.5, 0.6) is 0 Å². The summed E-state index contributed by atoms with van der Waals surface area (Å²) in [5.41, 5.74) is 1.18. The molecule has 2 aliphatic heterocycles. The van der Waals surface area contributed by atoms with Crippen LogP contribution in [0, 0.1) is 5.21 Å². The number of guanidine groups is 1. The molecule has 7 nitrogen and oxygen atoms in total. The Morgan fingerprint density at radius 2 is 1.68 bits per heavy atom. The molecule has 15 heteroatoms. The molecule has 1 fully saturated rings. The van der Waals surface area contributed by atoms with E-state index >= 15 is 0 Å². The molecule has 1 saturated heterocycles. The Balaban J connectivity index is 0.000000345. The standard InChI is InChI=1S/C13H17ClN5O2.F6P/c1-16(2)13(17-5-7-21-8-6-17)18-12-9-10(14)3-4-11(12)19(20)15-18;1-7(2,3,4,5)6/h3-4,9H,5-8H2,1-2H3;/q+1;-1. The Kier molecular flexibility index (Phi) is 5.52. The molecule has 0 radical (unpaired) electrons. The molecule has 1 aromatic carbocycles. The third kappa shape index (κ3) is 6.95. The zero-order chi connectivity index (χ0) is 21.4. The molecule has 2 aliphatic rings. The van der Waals surface area contributed by atoms with E-state index in [-0.39, 0.29) is 0 Å². The zero-order valence-electron chi connectivity index (χ0n) is 14.7. The van der Waals surface area contributed by atoms with Crippen LogP contribution in [0.3, 0.4) is 0 Å². The Morgan fingerprint density at radius 1 is 1.14 bits per heavy atom. The van der Waals surface area contributed by atoms with E-state index in [1.165, 1.54) is 0 Å². The van der Waals surface area contributed by atoms with Gasteiger partial charge in [0, 0.05) is 11.1 Å². The van der Waals surface area contributed by atoms with Crippen LogP contribution in [0.1, 0.15) is 0 Å². The van der Waals surface area contributed by atoms with Crippen molar-refractivity contribution >= 4 is 36.7 Å². The molecule has 1 aromatic rings. The molecule has 0 aromatic heterocycles. The van der Waals surface area contributed by atoms with E-state index in [0.717, 1.165) is 19.0 Å². The summed E-state index contributed by atoms with van der Waals surface area (Å²) in [5, 5.41) is 16.6. The van der Waals surface area contributed by atoms with Gasteiger partial charge in [0.15, 0.2) is 0 Å². The van der Waals surface area contributed by atoms with Crippen LogP contribution in [0.25, 0.3) is 0 Å². The molecule has 0 unspecified atom stereocenters. The van der Waals surface area contributed by atoms with Gasteiger partial charge in [-0.1, -0.05) is 11.6 Å². The Bertz CT molecular complexity index is 813. The Labute approximate surface area is 160 Å². The third-order valence-electron chi connectivity index (χ3n) is 3.43. The molecule has 0 saturated carbocycles. The molecule has 0 atom stereocenters. The summed E-state index contributed by atoms with van der Waals surface area (Å²) in [4.78, 5) is 4.71. The number of nitrogens with zero attached hydrogens (tertiary/aromatic N) is 5. The molecule has 28 heavy (non-hydrogen) atoms. The number of fused-ring (bicyclic) bond motifs is 1. The number of halogens is 7. The summed E-state index contributed by atoms with van der Waals surface area (Å²) in [6.07, 6.45) is 0. The van der Waals surface area contributed by atoms with Crippen LogP contribution in [-0.4, -0.2) is 65.7 Å². The van der Waals surface area contributed by atoms with Crippen LogP contribution in [-0.2, 0) is 4.74 Å². The van der Waals surface area contributed by atoms with Gasteiger partial charge in [-0.15, -0.1) is 4.86 Å². The van der Waals surface area contributed by atoms with Crippen molar-refractivity contribution < 1.29 is 39.5 Å². The van der Waals surface area contributed by atoms with Crippen molar-refractivity contribution in [1.82, 2.24) is 9.80 Å². The average molecular weight is 456 g/mol. The molecular formula is C13H17ClF6N5O2P. The summed E-state index contributed by atoms with van der Waals surface area (Å²) in [5.74, 6) is 0.833. The number of ether oxygens (including phenoxy) is 1. The molecular weight excluding hydrogens is 439 g/mol. The monoisotopic (exact) mass is 455 g/mol. The van der Waals surface area contributed by atoms with Crippen molar-refractivity contribution in [2.24, 2.45) is 5.22 Å². The van der Waals surface area contributed by atoms with E-state index in [4.69, 9.17) is 16.3 Å². The van der Waals surface area contributed by atoms with Gasteiger partial charge in [0.25, 0.3) is 0 Å². The van der Waals surface area contributed by atoms with E-state index in [1.807, 2.05) is 19.0 Å². The molecule has 0 spiro atoms. The quantitative estimate of drug-likeness (QED) is 0.179. The predicted molar refractivity (Wildman–Crippen MR) is 91.7 cm³/mol. The van der Waals surface area contributed by atoms with Crippen molar-refractivity contribution in [3.8, 4) is 0 Å². The molecule has 2 heterocycles. The number of hydrogen-bond acceptors (Lipinski definition) is 3. The second kappa shape index (κ2) is 6.89. The van der Waals surface area contributed by atoms with E-state index in [0.29, 0.717) is 34.5 Å².